The molecule has 0 saturated heterocycles. The Morgan fingerprint density at radius 1 is 1.04 bits per heavy atom. The van der Waals surface area contributed by atoms with E-state index in [4.69, 9.17) is 0 Å². The summed E-state index contributed by atoms with van der Waals surface area (Å²) in [6.45, 7) is 1.13. The van der Waals surface area contributed by atoms with Crippen LogP contribution in [0.4, 0.5) is 11.8 Å². The van der Waals surface area contributed by atoms with Crippen molar-refractivity contribution in [2.45, 2.75) is 13.0 Å². The summed E-state index contributed by atoms with van der Waals surface area (Å²) in [5.41, 5.74) is 1.16. The summed E-state index contributed by atoms with van der Waals surface area (Å²) in [4.78, 5) is 20.0. The standard InChI is InChI=1S/C17H18N6O/c24-16(7-11-20-17-18-9-4-10-19-17)21-15-8-12-23(22-15)13-14-5-2-1-3-6-14/h1-6,8-10,12H,7,11,13H2,(H,18,19,20)(H,21,22,24). The van der Waals surface area contributed by atoms with Gasteiger partial charge >= 0.3 is 0 Å². The van der Waals surface area contributed by atoms with Crippen LogP contribution in [0, 0.1) is 0 Å². The van der Waals surface area contributed by atoms with Crippen LogP contribution in [0.1, 0.15) is 12.0 Å². The number of rotatable bonds is 7. The lowest BCUT2D eigenvalue weighted by Crippen LogP contribution is -2.17. The second-order valence-corrected chi connectivity index (χ2v) is 5.18. The third-order valence-corrected chi connectivity index (χ3v) is 3.30. The minimum atomic E-state index is -0.108. The van der Waals surface area contributed by atoms with Gasteiger partial charge in [-0.05, 0) is 11.6 Å². The Morgan fingerprint density at radius 2 is 1.83 bits per heavy atom. The molecule has 0 fully saturated rings. The van der Waals surface area contributed by atoms with Crippen molar-refractivity contribution in [3.05, 3.63) is 66.6 Å². The van der Waals surface area contributed by atoms with Gasteiger partial charge in [0.15, 0.2) is 5.82 Å². The van der Waals surface area contributed by atoms with E-state index in [0.29, 0.717) is 31.3 Å². The first-order chi connectivity index (χ1) is 11.8. The number of carbonyl (C=O) groups is 1. The highest BCUT2D eigenvalue weighted by atomic mass is 16.1. The highest BCUT2D eigenvalue weighted by Gasteiger charge is 2.05. The molecule has 2 heterocycles. The topological polar surface area (TPSA) is 84.7 Å². The second-order valence-electron chi connectivity index (χ2n) is 5.18. The van der Waals surface area contributed by atoms with Gasteiger partial charge in [0, 0.05) is 37.6 Å². The molecule has 0 saturated carbocycles. The van der Waals surface area contributed by atoms with E-state index in [1.807, 2.05) is 36.5 Å². The average Bonchev–Trinajstić information content (AvgIpc) is 3.03. The van der Waals surface area contributed by atoms with Gasteiger partial charge in [-0.25, -0.2) is 9.97 Å². The maximum absolute atomic E-state index is 11.9. The van der Waals surface area contributed by atoms with Gasteiger partial charge in [0.2, 0.25) is 11.9 Å². The van der Waals surface area contributed by atoms with Crippen molar-refractivity contribution in [3.8, 4) is 0 Å². The second kappa shape index (κ2) is 7.87. The predicted octanol–water partition coefficient (Wildman–Crippen LogP) is 2.16. The van der Waals surface area contributed by atoms with Crippen molar-refractivity contribution in [3.63, 3.8) is 0 Å². The van der Waals surface area contributed by atoms with Gasteiger partial charge in [0.05, 0.1) is 6.54 Å². The average molecular weight is 322 g/mol. The molecule has 0 bridgehead atoms. The molecule has 1 aromatic carbocycles. The Hall–Kier alpha value is -3.22. The van der Waals surface area contributed by atoms with Crippen molar-refractivity contribution in [1.29, 1.82) is 0 Å². The first-order valence-electron chi connectivity index (χ1n) is 7.68. The van der Waals surface area contributed by atoms with Crippen LogP contribution in [0.15, 0.2) is 61.1 Å². The molecule has 2 aromatic heterocycles. The molecule has 3 rings (SSSR count). The first-order valence-corrected chi connectivity index (χ1v) is 7.68. The summed E-state index contributed by atoms with van der Waals surface area (Å²) in [7, 11) is 0. The lowest BCUT2D eigenvalue weighted by molar-refractivity contribution is -0.116. The molecule has 0 spiro atoms. The van der Waals surface area contributed by atoms with Crippen LogP contribution in [0.3, 0.4) is 0 Å². The Balaban J connectivity index is 1.45. The van der Waals surface area contributed by atoms with E-state index in [1.54, 1.807) is 29.2 Å². The van der Waals surface area contributed by atoms with Crippen LogP contribution >= 0.6 is 0 Å². The third-order valence-electron chi connectivity index (χ3n) is 3.30. The normalized spacial score (nSPS) is 10.3. The van der Waals surface area contributed by atoms with Gasteiger partial charge in [0.25, 0.3) is 0 Å². The summed E-state index contributed by atoms with van der Waals surface area (Å²) >= 11 is 0. The van der Waals surface area contributed by atoms with Gasteiger partial charge in [-0.3, -0.25) is 9.48 Å². The van der Waals surface area contributed by atoms with Crippen molar-refractivity contribution >= 4 is 17.7 Å². The van der Waals surface area contributed by atoms with E-state index >= 15 is 0 Å². The molecule has 7 heteroatoms. The zero-order chi connectivity index (χ0) is 16.6. The molecule has 0 radical (unpaired) electrons. The minimum Gasteiger partial charge on any atom is -0.354 e. The van der Waals surface area contributed by atoms with E-state index in [1.165, 1.54) is 0 Å². The smallest absolute Gasteiger partial charge is 0.227 e. The fraction of sp³-hybridized carbons (Fsp3) is 0.176. The molecule has 3 aromatic rings. The summed E-state index contributed by atoms with van der Waals surface area (Å²) in [6, 6.07) is 13.6. The molecule has 1 amide bonds. The maximum Gasteiger partial charge on any atom is 0.227 e. The lowest BCUT2D eigenvalue weighted by Gasteiger charge is -2.04. The van der Waals surface area contributed by atoms with E-state index in [9.17, 15) is 4.79 Å². The number of carbonyl (C=O) groups excluding carboxylic acids is 1. The van der Waals surface area contributed by atoms with Gasteiger partial charge in [-0.15, -0.1) is 0 Å². The number of anilines is 2. The molecular weight excluding hydrogens is 304 g/mol. The Labute approximate surface area is 139 Å². The van der Waals surface area contributed by atoms with Crippen LogP contribution in [0.2, 0.25) is 0 Å². The first kappa shape index (κ1) is 15.7. The summed E-state index contributed by atoms with van der Waals surface area (Å²) in [6.07, 6.45) is 5.45. The third kappa shape index (κ3) is 4.64. The molecule has 0 aliphatic carbocycles. The number of aromatic nitrogens is 4. The highest BCUT2D eigenvalue weighted by Crippen LogP contribution is 2.07. The van der Waals surface area contributed by atoms with Crippen molar-refractivity contribution < 1.29 is 4.79 Å². The molecule has 7 nitrogen and oxygen atoms in total. The number of hydrogen-bond donors (Lipinski definition) is 2. The van der Waals surface area contributed by atoms with Crippen molar-refractivity contribution in [2.24, 2.45) is 0 Å². The van der Waals surface area contributed by atoms with Gasteiger partial charge in [-0.2, -0.15) is 5.10 Å². The van der Waals surface area contributed by atoms with Crippen LogP contribution in [-0.2, 0) is 11.3 Å². The van der Waals surface area contributed by atoms with E-state index in [0.717, 1.165) is 5.56 Å². The number of nitrogens with zero attached hydrogens (tertiary/aromatic N) is 4. The highest BCUT2D eigenvalue weighted by molar-refractivity contribution is 5.89. The van der Waals surface area contributed by atoms with E-state index in [2.05, 4.69) is 25.7 Å². The summed E-state index contributed by atoms with van der Waals surface area (Å²) in [5, 5.41) is 10.1. The minimum absolute atomic E-state index is 0.108. The quantitative estimate of drug-likeness (QED) is 0.696. The predicted molar refractivity (Wildman–Crippen MR) is 91.5 cm³/mol. The van der Waals surface area contributed by atoms with Crippen LogP contribution < -0.4 is 10.6 Å². The molecule has 0 aliphatic rings. The van der Waals surface area contributed by atoms with Gasteiger partial charge < -0.3 is 10.6 Å². The van der Waals surface area contributed by atoms with Crippen LogP contribution in [-0.4, -0.2) is 32.2 Å². The zero-order valence-corrected chi connectivity index (χ0v) is 13.1. The van der Waals surface area contributed by atoms with Crippen molar-refractivity contribution in [1.82, 2.24) is 19.7 Å². The molecular formula is C17H18N6O. The number of nitrogens with one attached hydrogen (secondary N) is 2. The fourth-order valence-corrected chi connectivity index (χ4v) is 2.17. The molecule has 0 atom stereocenters. The number of amides is 1. The Bertz CT molecular complexity index is 772. The Morgan fingerprint density at radius 3 is 2.62 bits per heavy atom. The zero-order valence-electron chi connectivity index (χ0n) is 13.1. The van der Waals surface area contributed by atoms with Crippen molar-refractivity contribution in [2.75, 3.05) is 17.2 Å². The molecule has 0 unspecified atom stereocenters. The monoisotopic (exact) mass is 322 g/mol. The lowest BCUT2D eigenvalue weighted by atomic mass is 10.2. The van der Waals surface area contributed by atoms with Crippen LogP contribution in [0.25, 0.3) is 0 Å². The maximum atomic E-state index is 11.9. The molecule has 24 heavy (non-hydrogen) atoms. The van der Waals surface area contributed by atoms with Gasteiger partial charge in [-0.1, -0.05) is 30.3 Å². The summed E-state index contributed by atoms with van der Waals surface area (Å²) < 4.78 is 1.79. The van der Waals surface area contributed by atoms with E-state index in [-0.39, 0.29) is 5.91 Å². The summed E-state index contributed by atoms with van der Waals surface area (Å²) in [5.74, 6) is 0.952. The fourth-order valence-electron chi connectivity index (χ4n) is 2.17. The number of hydrogen-bond acceptors (Lipinski definition) is 5. The number of benzene rings is 1. The molecule has 2 N–H and O–H groups in total. The SMILES string of the molecule is O=C(CCNc1ncccn1)Nc1ccn(Cc2ccccc2)n1. The van der Waals surface area contributed by atoms with E-state index < -0.39 is 0 Å². The molecule has 122 valence electrons. The Kier molecular flexibility index (Phi) is 5.14. The van der Waals surface area contributed by atoms with Gasteiger partial charge in [0.1, 0.15) is 0 Å². The molecule has 0 aliphatic heterocycles. The largest absolute Gasteiger partial charge is 0.354 e. The van der Waals surface area contributed by atoms with Crippen LogP contribution in [0.5, 0.6) is 0 Å².